The quantitative estimate of drug-likeness (QED) is 0.838. The highest BCUT2D eigenvalue weighted by Crippen LogP contribution is 2.45. The highest BCUT2D eigenvalue weighted by Gasteiger charge is 2.51. The summed E-state index contributed by atoms with van der Waals surface area (Å²) in [5, 5.41) is 0.730. The molecular formula is C20H27NO2S. The van der Waals surface area contributed by atoms with Crippen LogP contribution in [0.1, 0.15) is 44.1 Å². The molecule has 24 heavy (non-hydrogen) atoms. The van der Waals surface area contributed by atoms with Crippen LogP contribution in [0.5, 0.6) is 0 Å². The highest BCUT2D eigenvalue weighted by atomic mass is 32.2. The van der Waals surface area contributed by atoms with Crippen LogP contribution in [-0.2, 0) is 14.9 Å². The SMILES string of the molecule is CSC1CC2CCC(C1)N2C(=O)C1(c2ccccc2)CCOCC1. The van der Waals surface area contributed by atoms with E-state index in [2.05, 4.69) is 35.4 Å². The Hall–Kier alpha value is -1.00. The van der Waals surface area contributed by atoms with Gasteiger partial charge < -0.3 is 9.64 Å². The van der Waals surface area contributed by atoms with Gasteiger partial charge in [-0.3, -0.25) is 4.79 Å². The molecule has 3 aliphatic heterocycles. The van der Waals surface area contributed by atoms with Crippen molar-refractivity contribution < 1.29 is 9.53 Å². The molecule has 0 aliphatic carbocycles. The van der Waals surface area contributed by atoms with Crippen molar-refractivity contribution in [3.8, 4) is 0 Å². The first kappa shape index (κ1) is 16.5. The van der Waals surface area contributed by atoms with Gasteiger partial charge in [0.05, 0.1) is 5.41 Å². The van der Waals surface area contributed by atoms with Crippen LogP contribution in [-0.4, -0.2) is 47.6 Å². The van der Waals surface area contributed by atoms with Gasteiger partial charge in [0, 0.05) is 30.5 Å². The fourth-order valence-corrected chi connectivity index (χ4v) is 5.83. The summed E-state index contributed by atoms with van der Waals surface area (Å²) >= 11 is 1.98. The van der Waals surface area contributed by atoms with Crippen LogP contribution in [0.25, 0.3) is 0 Å². The van der Waals surface area contributed by atoms with Crippen molar-refractivity contribution in [3.05, 3.63) is 35.9 Å². The first-order valence-corrected chi connectivity index (χ1v) is 10.5. The molecule has 0 radical (unpaired) electrons. The second-order valence-electron chi connectivity index (χ2n) is 7.49. The summed E-state index contributed by atoms with van der Waals surface area (Å²) in [6.07, 6.45) is 8.57. The maximum Gasteiger partial charge on any atom is 0.233 e. The minimum atomic E-state index is -0.369. The first-order chi connectivity index (χ1) is 11.7. The molecule has 130 valence electrons. The molecule has 3 aliphatic rings. The van der Waals surface area contributed by atoms with Gasteiger partial charge in [-0.1, -0.05) is 30.3 Å². The van der Waals surface area contributed by atoms with Crippen molar-refractivity contribution in [2.24, 2.45) is 0 Å². The van der Waals surface area contributed by atoms with E-state index in [0.717, 1.165) is 18.1 Å². The van der Waals surface area contributed by atoms with Crippen molar-refractivity contribution in [1.82, 2.24) is 4.90 Å². The second kappa shape index (κ2) is 6.72. The van der Waals surface area contributed by atoms with Crippen molar-refractivity contribution in [2.45, 2.75) is 61.3 Å². The molecule has 2 atom stereocenters. The molecule has 0 aromatic heterocycles. The van der Waals surface area contributed by atoms with Gasteiger partial charge in [0.15, 0.2) is 0 Å². The van der Waals surface area contributed by atoms with Gasteiger partial charge in [0.1, 0.15) is 0 Å². The molecule has 1 aromatic rings. The Balaban J connectivity index is 1.66. The van der Waals surface area contributed by atoms with Gasteiger partial charge in [-0.05, 0) is 50.3 Å². The van der Waals surface area contributed by atoms with Crippen molar-refractivity contribution in [1.29, 1.82) is 0 Å². The maximum absolute atomic E-state index is 13.8. The molecule has 3 heterocycles. The van der Waals surface area contributed by atoms with Gasteiger partial charge in [0.2, 0.25) is 5.91 Å². The Kier molecular flexibility index (Phi) is 4.61. The number of benzene rings is 1. The summed E-state index contributed by atoms with van der Waals surface area (Å²) in [7, 11) is 0. The van der Waals surface area contributed by atoms with E-state index in [0.29, 0.717) is 31.2 Å². The molecule has 3 nitrogen and oxygen atoms in total. The van der Waals surface area contributed by atoms with Crippen LogP contribution in [0.2, 0.25) is 0 Å². The fraction of sp³-hybridized carbons (Fsp3) is 0.650. The van der Waals surface area contributed by atoms with E-state index in [1.807, 2.05) is 17.8 Å². The zero-order chi connectivity index (χ0) is 16.6. The number of piperidine rings is 1. The molecule has 4 heteroatoms. The maximum atomic E-state index is 13.8. The zero-order valence-corrected chi connectivity index (χ0v) is 15.3. The summed E-state index contributed by atoms with van der Waals surface area (Å²) in [6, 6.07) is 11.4. The lowest BCUT2D eigenvalue weighted by Gasteiger charge is -2.45. The second-order valence-corrected chi connectivity index (χ2v) is 8.63. The van der Waals surface area contributed by atoms with Crippen LogP contribution >= 0.6 is 11.8 Å². The number of amides is 1. The Labute approximate surface area is 149 Å². The van der Waals surface area contributed by atoms with Gasteiger partial charge >= 0.3 is 0 Å². The standard InChI is InChI=1S/C20H27NO2S/c1-24-18-13-16-7-8-17(14-18)21(16)19(22)20(9-11-23-12-10-20)15-5-3-2-4-6-15/h2-6,16-18H,7-14H2,1H3. The summed E-state index contributed by atoms with van der Waals surface area (Å²) in [5.74, 6) is 0.379. The van der Waals surface area contributed by atoms with Crippen LogP contribution in [0.3, 0.4) is 0 Å². The number of nitrogens with zero attached hydrogens (tertiary/aromatic N) is 1. The Morgan fingerprint density at radius 1 is 1.12 bits per heavy atom. The lowest BCUT2D eigenvalue weighted by atomic mass is 9.72. The molecule has 1 aromatic carbocycles. The Bertz CT molecular complexity index is 571. The van der Waals surface area contributed by atoms with Crippen molar-refractivity contribution in [2.75, 3.05) is 19.5 Å². The Morgan fingerprint density at radius 2 is 1.75 bits per heavy atom. The number of carbonyl (C=O) groups excluding carboxylic acids is 1. The topological polar surface area (TPSA) is 29.5 Å². The first-order valence-electron chi connectivity index (χ1n) is 9.23. The van der Waals surface area contributed by atoms with E-state index >= 15 is 0 Å². The summed E-state index contributed by atoms with van der Waals surface area (Å²) in [4.78, 5) is 16.1. The van der Waals surface area contributed by atoms with E-state index in [1.165, 1.54) is 31.2 Å². The number of carbonyl (C=O) groups is 1. The van der Waals surface area contributed by atoms with E-state index in [9.17, 15) is 4.79 Å². The van der Waals surface area contributed by atoms with Crippen LogP contribution in [0, 0.1) is 0 Å². The third kappa shape index (κ3) is 2.68. The van der Waals surface area contributed by atoms with Gasteiger partial charge in [-0.25, -0.2) is 0 Å². The molecule has 2 bridgehead atoms. The predicted molar refractivity (Wildman–Crippen MR) is 98.4 cm³/mol. The average Bonchev–Trinajstić information content (AvgIpc) is 2.91. The monoisotopic (exact) mass is 345 g/mol. The molecule has 0 spiro atoms. The smallest absolute Gasteiger partial charge is 0.233 e. The van der Waals surface area contributed by atoms with E-state index in [1.54, 1.807) is 0 Å². The minimum Gasteiger partial charge on any atom is -0.381 e. The molecule has 3 saturated heterocycles. The van der Waals surface area contributed by atoms with Crippen molar-refractivity contribution in [3.63, 3.8) is 0 Å². The van der Waals surface area contributed by atoms with E-state index in [4.69, 9.17) is 4.74 Å². The number of rotatable bonds is 3. The number of hydrogen-bond acceptors (Lipinski definition) is 3. The average molecular weight is 346 g/mol. The molecule has 3 fully saturated rings. The molecule has 4 rings (SSSR count). The lowest BCUT2D eigenvalue weighted by molar-refractivity contribution is -0.145. The molecule has 0 N–H and O–H groups in total. The van der Waals surface area contributed by atoms with Crippen LogP contribution in [0.4, 0.5) is 0 Å². The van der Waals surface area contributed by atoms with Gasteiger partial charge in [0.25, 0.3) is 0 Å². The van der Waals surface area contributed by atoms with E-state index < -0.39 is 0 Å². The van der Waals surface area contributed by atoms with Gasteiger partial charge in [-0.15, -0.1) is 0 Å². The van der Waals surface area contributed by atoms with Gasteiger partial charge in [-0.2, -0.15) is 11.8 Å². The minimum absolute atomic E-state index is 0.369. The summed E-state index contributed by atoms with van der Waals surface area (Å²) in [5.41, 5.74) is 0.816. The molecule has 2 unspecified atom stereocenters. The molecule has 0 saturated carbocycles. The molecular weight excluding hydrogens is 318 g/mol. The number of hydrogen-bond donors (Lipinski definition) is 0. The summed E-state index contributed by atoms with van der Waals surface area (Å²) < 4.78 is 5.61. The Morgan fingerprint density at radius 3 is 2.33 bits per heavy atom. The zero-order valence-electron chi connectivity index (χ0n) is 14.4. The predicted octanol–water partition coefficient (Wildman–Crippen LogP) is 3.62. The largest absolute Gasteiger partial charge is 0.381 e. The fourth-order valence-electron chi connectivity index (χ4n) is 5.00. The third-order valence-electron chi connectivity index (χ3n) is 6.34. The number of fused-ring (bicyclic) bond motifs is 2. The normalized spacial score (nSPS) is 31.9. The van der Waals surface area contributed by atoms with Crippen LogP contribution in [0.15, 0.2) is 30.3 Å². The highest BCUT2D eigenvalue weighted by molar-refractivity contribution is 7.99. The van der Waals surface area contributed by atoms with Crippen molar-refractivity contribution >= 4 is 17.7 Å². The summed E-state index contributed by atoms with van der Waals surface area (Å²) in [6.45, 7) is 1.38. The number of thioether (sulfide) groups is 1. The third-order valence-corrected chi connectivity index (χ3v) is 7.39. The number of ether oxygens (including phenoxy) is 1. The van der Waals surface area contributed by atoms with E-state index in [-0.39, 0.29) is 5.41 Å². The van der Waals surface area contributed by atoms with Crippen LogP contribution < -0.4 is 0 Å². The molecule has 1 amide bonds. The lowest BCUT2D eigenvalue weighted by Crippen LogP contribution is -2.56.